The van der Waals surface area contributed by atoms with Gasteiger partial charge in [-0.2, -0.15) is 0 Å². The molecule has 0 bridgehead atoms. The lowest BCUT2D eigenvalue weighted by Crippen LogP contribution is -2.32. The van der Waals surface area contributed by atoms with Gasteiger partial charge >= 0.3 is 0 Å². The molecule has 2 aromatic rings. The molecule has 0 unspecified atom stereocenters. The number of hydrogen-bond donors (Lipinski definition) is 1. The summed E-state index contributed by atoms with van der Waals surface area (Å²) in [6, 6.07) is 16.1. The molecule has 6 nitrogen and oxygen atoms in total. The highest BCUT2D eigenvalue weighted by Gasteiger charge is 2.44. The summed E-state index contributed by atoms with van der Waals surface area (Å²) < 4.78 is 25.4. The molecule has 26 heavy (non-hydrogen) atoms. The molecule has 7 heteroatoms. The maximum absolute atomic E-state index is 12.5. The summed E-state index contributed by atoms with van der Waals surface area (Å²) in [5.41, 5.74) is 1.52. The van der Waals surface area contributed by atoms with Gasteiger partial charge in [-0.3, -0.25) is 9.63 Å². The van der Waals surface area contributed by atoms with E-state index in [4.69, 9.17) is 4.84 Å². The molecule has 138 valence electrons. The molecule has 1 fully saturated rings. The lowest BCUT2D eigenvalue weighted by Gasteiger charge is -2.17. The fraction of sp³-hybridized carbons (Fsp3) is 0.316. The van der Waals surface area contributed by atoms with Gasteiger partial charge in [0.2, 0.25) is 0 Å². The van der Waals surface area contributed by atoms with Gasteiger partial charge in [0, 0.05) is 24.6 Å². The molecular formula is C19H22N2O4S. The standard InChI is InChI=1S/C19H22N2O4S/c1-21(25-2)26(23,24)17-10-6-7-15(13-17)18(22)20-14-19(11-12-19)16-8-4-3-5-9-16/h3-10,13H,11-12,14H2,1-2H3,(H,20,22). The molecule has 1 amide bonds. The lowest BCUT2D eigenvalue weighted by atomic mass is 9.96. The van der Waals surface area contributed by atoms with Crippen molar-refractivity contribution < 1.29 is 18.0 Å². The van der Waals surface area contributed by atoms with E-state index in [-0.39, 0.29) is 16.2 Å². The minimum Gasteiger partial charge on any atom is -0.351 e. The lowest BCUT2D eigenvalue weighted by molar-refractivity contribution is -0.0258. The van der Waals surface area contributed by atoms with Crippen LogP contribution in [0.15, 0.2) is 59.5 Å². The number of nitrogens with one attached hydrogen (secondary N) is 1. The second-order valence-electron chi connectivity index (χ2n) is 6.45. The first-order valence-electron chi connectivity index (χ1n) is 8.36. The highest BCUT2D eigenvalue weighted by Crippen LogP contribution is 2.47. The second-order valence-corrected chi connectivity index (χ2v) is 8.39. The molecule has 0 saturated heterocycles. The van der Waals surface area contributed by atoms with Crippen LogP contribution in [-0.2, 0) is 20.3 Å². The van der Waals surface area contributed by atoms with Gasteiger partial charge in [-0.1, -0.05) is 40.9 Å². The molecule has 0 radical (unpaired) electrons. The van der Waals surface area contributed by atoms with Gasteiger partial charge in [-0.25, -0.2) is 8.42 Å². The number of rotatable bonds is 7. The van der Waals surface area contributed by atoms with E-state index in [9.17, 15) is 13.2 Å². The van der Waals surface area contributed by atoms with Crippen LogP contribution in [0.4, 0.5) is 0 Å². The Morgan fingerprint density at radius 3 is 2.46 bits per heavy atom. The smallest absolute Gasteiger partial charge is 0.264 e. The van der Waals surface area contributed by atoms with Crippen LogP contribution in [0.25, 0.3) is 0 Å². The van der Waals surface area contributed by atoms with Crippen LogP contribution in [0.3, 0.4) is 0 Å². The average Bonchev–Trinajstić information content (AvgIpc) is 3.47. The van der Waals surface area contributed by atoms with Crippen LogP contribution >= 0.6 is 0 Å². The fourth-order valence-electron chi connectivity index (χ4n) is 2.91. The first kappa shape index (κ1) is 18.6. The predicted molar refractivity (Wildman–Crippen MR) is 98.1 cm³/mol. The molecular weight excluding hydrogens is 352 g/mol. The number of nitrogens with zero attached hydrogens (tertiary/aromatic N) is 1. The van der Waals surface area contributed by atoms with Gasteiger partial charge < -0.3 is 5.32 Å². The molecule has 0 heterocycles. The number of hydrogen-bond acceptors (Lipinski definition) is 4. The Bertz CT molecular complexity index is 893. The van der Waals surface area contributed by atoms with Gasteiger partial charge in [-0.05, 0) is 36.6 Å². The Morgan fingerprint density at radius 2 is 1.85 bits per heavy atom. The van der Waals surface area contributed by atoms with E-state index in [2.05, 4.69) is 17.4 Å². The van der Waals surface area contributed by atoms with Crippen molar-refractivity contribution in [1.82, 2.24) is 9.79 Å². The van der Waals surface area contributed by atoms with E-state index in [0.29, 0.717) is 12.1 Å². The van der Waals surface area contributed by atoms with E-state index >= 15 is 0 Å². The van der Waals surface area contributed by atoms with Crippen LogP contribution in [0.5, 0.6) is 0 Å². The third-order valence-corrected chi connectivity index (χ3v) is 6.49. The minimum absolute atomic E-state index is 0.00310. The van der Waals surface area contributed by atoms with Crippen molar-refractivity contribution in [2.75, 3.05) is 20.7 Å². The van der Waals surface area contributed by atoms with Crippen molar-refractivity contribution in [1.29, 1.82) is 0 Å². The molecule has 0 atom stereocenters. The summed E-state index contributed by atoms with van der Waals surface area (Å²) in [5.74, 6) is -0.288. The molecule has 1 aliphatic carbocycles. The molecule has 1 saturated carbocycles. The molecule has 1 N–H and O–H groups in total. The Balaban J connectivity index is 1.72. The fourth-order valence-corrected chi connectivity index (χ4v) is 3.93. The third-order valence-electron chi connectivity index (χ3n) is 4.82. The maximum atomic E-state index is 12.5. The summed E-state index contributed by atoms with van der Waals surface area (Å²) in [4.78, 5) is 17.3. The quantitative estimate of drug-likeness (QED) is 0.755. The minimum atomic E-state index is -3.79. The van der Waals surface area contributed by atoms with E-state index < -0.39 is 10.0 Å². The Morgan fingerprint density at radius 1 is 1.15 bits per heavy atom. The topological polar surface area (TPSA) is 75.7 Å². The molecule has 0 spiro atoms. The molecule has 2 aromatic carbocycles. The third kappa shape index (κ3) is 3.65. The van der Waals surface area contributed by atoms with Crippen molar-refractivity contribution >= 4 is 15.9 Å². The second kappa shape index (κ2) is 7.19. The molecule has 0 aromatic heterocycles. The van der Waals surface area contributed by atoms with Gasteiger partial charge in [0.1, 0.15) is 0 Å². The van der Waals surface area contributed by atoms with Crippen LogP contribution in [-0.4, -0.2) is 39.5 Å². The zero-order valence-corrected chi connectivity index (χ0v) is 15.6. The molecule has 3 rings (SSSR count). The van der Waals surface area contributed by atoms with Crippen LogP contribution in [0.1, 0.15) is 28.8 Å². The molecule has 1 aliphatic rings. The molecule has 0 aliphatic heterocycles. The zero-order valence-electron chi connectivity index (χ0n) is 14.8. The number of hydroxylamine groups is 1. The van der Waals surface area contributed by atoms with Gasteiger partial charge in [0.15, 0.2) is 0 Å². The van der Waals surface area contributed by atoms with E-state index in [1.165, 1.54) is 31.9 Å². The monoisotopic (exact) mass is 374 g/mol. The Labute approximate surface area is 153 Å². The van der Waals surface area contributed by atoms with Gasteiger partial charge in [0.25, 0.3) is 15.9 Å². The predicted octanol–water partition coefficient (Wildman–Crippen LogP) is 2.33. The van der Waals surface area contributed by atoms with Crippen LogP contribution in [0.2, 0.25) is 0 Å². The van der Waals surface area contributed by atoms with Gasteiger partial charge in [0.05, 0.1) is 12.0 Å². The van der Waals surface area contributed by atoms with E-state index in [1.54, 1.807) is 12.1 Å². The normalized spacial score (nSPS) is 15.7. The SMILES string of the molecule is CON(C)S(=O)(=O)c1cccc(C(=O)NCC2(c3ccccc3)CC2)c1. The highest BCUT2D eigenvalue weighted by molar-refractivity contribution is 7.89. The number of benzene rings is 2. The van der Waals surface area contributed by atoms with Crippen molar-refractivity contribution in [2.24, 2.45) is 0 Å². The maximum Gasteiger partial charge on any atom is 0.264 e. The average molecular weight is 374 g/mol. The van der Waals surface area contributed by atoms with Crippen LogP contribution in [0, 0.1) is 0 Å². The van der Waals surface area contributed by atoms with E-state index in [0.717, 1.165) is 17.3 Å². The number of carbonyl (C=O) groups is 1. The Hall–Kier alpha value is -2.22. The van der Waals surface area contributed by atoms with Crippen molar-refractivity contribution in [3.05, 3.63) is 65.7 Å². The summed E-state index contributed by atoms with van der Waals surface area (Å²) in [6.45, 7) is 0.533. The first-order valence-corrected chi connectivity index (χ1v) is 9.80. The van der Waals surface area contributed by atoms with Crippen LogP contribution < -0.4 is 5.32 Å². The summed E-state index contributed by atoms with van der Waals surface area (Å²) in [7, 11) is -1.21. The zero-order chi connectivity index (χ0) is 18.8. The largest absolute Gasteiger partial charge is 0.351 e. The van der Waals surface area contributed by atoms with Crippen molar-refractivity contribution in [2.45, 2.75) is 23.2 Å². The van der Waals surface area contributed by atoms with Gasteiger partial charge in [-0.15, -0.1) is 0 Å². The Kier molecular flexibility index (Phi) is 5.13. The van der Waals surface area contributed by atoms with E-state index in [1.807, 2.05) is 18.2 Å². The summed E-state index contributed by atoms with van der Waals surface area (Å²) >= 11 is 0. The summed E-state index contributed by atoms with van der Waals surface area (Å²) in [5, 5.41) is 2.94. The number of carbonyl (C=O) groups excluding carboxylic acids is 1. The summed E-state index contributed by atoms with van der Waals surface area (Å²) in [6.07, 6.45) is 2.06. The highest BCUT2D eigenvalue weighted by atomic mass is 32.2. The number of sulfonamides is 1. The number of amides is 1. The first-order chi connectivity index (χ1) is 12.4. The van der Waals surface area contributed by atoms with Crippen molar-refractivity contribution in [3.8, 4) is 0 Å². The van der Waals surface area contributed by atoms with Crippen molar-refractivity contribution in [3.63, 3.8) is 0 Å².